The van der Waals surface area contributed by atoms with Crippen LogP contribution in [0.2, 0.25) is 0 Å². The number of methoxy groups -OCH3 is 2. The van der Waals surface area contributed by atoms with E-state index in [0.29, 0.717) is 22.7 Å². The van der Waals surface area contributed by atoms with E-state index in [2.05, 4.69) is 9.97 Å². The highest BCUT2D eigenvalue weighted by Gasteiger charge is 2.18. The lowest BCUT2D eigenvalue weighted by Gasteiger charge is -2.07. The Morgan fingerprint density at radius 3 is 2.10 bits per heavy atom. The number of carbonyl (C=O) groups excluding carboxylic acids is 1. The van der Waals surface area contributed by atoms with Gasteiger partial charge in [0.15, 0.2) is 5.78 Å². The number of ether oxygens (including phenoxy) is 2. The Bertz CT molecular complexity index is 1140. The van der Waals surface area contributed by atoms with Gasteiger partial charge in [-0.25, -0.2) is 4.98 Å². The monoisotopic (exact) mass is 384 g/mol. The molecule has 5 nitrogen and oxygen atoms in total. The van der Waals surface area contributed by atoms with Gasteiger partial charge in [0.05, 0.1) is 30.8 Å². The van der Waals surface area contributed by atoms with Crippen molar-refractivity contribution in [2.24, 2.45) is 0 Å². The van der Waals surface area contributed by atoms with Crippen LogP contribution in [-0.2, 0) is 0 Å². The average molecular weight is 384 g/mol. The molecule has 0 unspecified atom stereocenters. The summed E-state index contributed by atoms with van der Waals surface area (Å²) < 4.78 is 10.4. The van der Waals surface area contributed by atoms with Crippen LogP contribution in [0.15, 0.2) is 72.8 Å². The largest absolute Gasteiger partial charge is 0.497 e. The van der Waals surface area contributed by atoms with Crippen molar-refractivity contribution in [3.05, 3.63) is 89.7 Å². The van der Waals surface area contributed by atoms with E-state index in [1.165, 1.54) is 0 Å². The molecule has 4 rings (SSSR count). The van der Waals surface area contributed by atoms with Crippen molar-refractivity contribution >= 4 is 28.5 Å². The third-order valence-electron chi connectivity index (χ3n) is 4.67. The number of nitrogens with one attached hydrogen (secondary N) is 1. The SMILES string of the molecule is COc1ccc(C=C(C(=O)c2ccc(OC)cc2)c2nc3ccccc3[nH]2)cc1. The lowest BCUT2D eigenvalue weighted by atomic mass is 10.00. The maximum absolute atomic E-state index is 13.4. The third kappa shape index (κ3) is 3.89. The van der Waals surface area contributed by atoms with Crippen LogP contribution in [-0.4, -0.2) is 30.0 Å². The molecule has 0 aliphatic rings. The highest BCUT2D eigenvalue weighted by Crippen LogP contribution is 2.25. The zero-order valence-electron chi connectivity index (χ0n) is 16.2. The smallest absolute Gasteiger partial charge is 0.196 e. The minimum Gasteiger partial charge on any atom is -0.497 e. The van der Waals surface area contributed by atoms with Gasteiger partial charge in [-0.05, 0) is 60.2 Å². The fourth-order valence-corrected chi connectivity index (χ4v) is 3.09. The van der Waals surface area contributed by atoms with Crippen molar-refractivity contribution in [3.8, 4) is 11.5 Å². The molecular formula is C24H20N2O3. The van der Waals surface area contributed by atoms with Gasteiger partial charge >= 0.3 is 0 Å². The van der Waals surface area contributed by atoms with Crippen molar-refractivity contribution < 1.29 is 14.3 Å². The first-order chi connectivity index (χ1) is 14.2. The van der Waals surface area contributed by atoms with Gasteiger partial charge in [-0.3, -0.25) is 4.79 Å². The van der Waals surface area contributed by atoms with E-state index in [1.54, 1.807) is 38.5 Å². The van der Waals surface area contributed by atoms with Crippen LogP contribution in [0.5, 0.6) is 11.5 Å². The van der Waals surface area contributed by atoms with Gasteiger partial charge < -0.3 is 14.5 Å². The number of ketones is 1. The predicted octanol–water partition coefficient (Wildman–Crippen LogP) is 5.00. The van der Waals surface area contributed by atoms with Crippen LogP contribution in [0.3, 0.4) is 0 Å². The minimum absolute atomic E-state index is 0.123. The first kappa shape index (κ1) is 18.5. The number of aromatic amines is 1. The highest BCUT2D eigenvalue weighted by molar-refractivity contribution is 6.31. The second kappa shape index (κ2) is 8.02. The third-order valence-corrected chi connectivity index (χ3v) is 4.67. The quantitative estimate of drug-likeness (QED) is 0.375. The van der Waals surface area contributed by atoms with Crippen molar-refractivity contribution in [2.75, 3.05) is 14.2 Å². The van der Waals surface area contributed by atoms with E-state index in [1.807, 2.05) is 54.6 Å². The lowest BCUT2D eigenvalue weighted by Crippen LogP contribution is -2.04. The van der Waals surface area contributed by atoms with E-state index in [0.717, 1.165) is 22.3 Å². The number of hydrogen-bond acceptors (Lipinski definition) is 4. The lowest BCUT2D eigenvalue weighted by molar-refractivity contribution is 0.105. The molecule has 29 heavy (non-hydrogen) atoms. The molecule has 0 atom stereocenters. The van der Waals surface area contributed by atoms with Crippen LogP contribution in [0, 0.1) is 0 Å². The maximum Gasteiger partial charge on any atom is 0.196 e. The molecular weight excluding hydrogens is 364 g/mol. The first-order valence-electron chi connectivity index (χ1n) is 9.17. The van der Waals surface area contributed by atoms with Crippen LogP contribution >= 0.6 is 0 Å². The van der Waals surface area contributed by atoms with E-state index >= 15 is 0 Å². The minimum atomic E-state index is -0.123. The molecule has 1 aromatic heterocycles. The van der Waals surface area contributed by atoms with Gasteiger partial charge in [-0.1, -0.05) is 24.3 Å². The van der Waals surface area contributed by atoms with Gasteiger partial charge in [0.1, 0.15) is 17.3 Å². The summed E-state index contributed by atoms with van der Waals surface area (Å²) in [5, 5.41) is 0. The molecule has 0 fully saturated rings. The summed E-state index contributed by atoms with van der Waals surface area (Å²) in [7, 11) is 3.22. The van der Waals surface area contributed by atoms with Gasteiger partial charge in [0, 0.05) is 5.56 Å². The van der Waals surface area contributed by atoms with Crippen LogP contribution in [0.4, 0.5) is 0 Å². The number of rotatable bonds is 6. The Hall–Kier alpha value is -3.86. The number of para-hydroxylation sites is 2. The number of aromatic nitrogens is 2. The Morgan fingerprint density at radius 1 is 0.862 bits per heavy atom. The molecule has 0 spiro atoms. The summed E-state index contributed by atoms with van der Waals surface area (Å²) in [6.45, 7) is 0. The average Bonchev–Trinajstić information content (AvgIpc) is 3.21. The molecule has 0 aliphatic heterocycles. The zero-order chi connectivity index (χ0) is 20.2. The molecule has 1 heterocycles. The zero-order valence-corrected chi connectivity index (χ0v) is 16.2. The number of Topliss-reactive ketones (excluding diaryl/α,β-unsaturated/α-hetero) is 1. The molecule has 3 aromatic carbocycles. The molecule has 144 valence electrons. The molecule has 1 N–H and O–H groups in total. The van der Waals surface area contributed by atoms with Crippen molar-refractivity contribution in [3.63, 3.8) is 0 Å². The molecule has 5 heteroatoms. The van der Waals surface area contributed by atoms with Crippen molar-refractivity contribution in [1.82, 2.24) is 9.97 Å². The van der Waals surface area contributed by atoms with Crippen molar-refractivity contribution in [2.45, 2.75) is 0 Å². The summed E-state index contributed by atoms with van der Waals surface area (Å²) in [5.41, 5.74) is 3.61. The normalized spacial score (nSPS) is 11.4. The predicted molar refractivity (Wildman–Crippen MR) is 114 cm³/mol. The molecule has 0 amide bonds. The van der Waals surface area contributed by atoms with Gasteiger partial charge in [-0.15, -0.1) is 0 Å². The molecule has 4 aromatic rings. The standard InChI is InChI=1S/C24H20N2O3/c1-28-18-11-7-16(8-12-18)15-20(23(27)17-9-13-19(29-2)14-10-17)24-25-21-5-3-4-6-22(21)26-24/h3-15H,1-2H3,(H,25,26). The highest BCUT2D eigenvalue weighted by atomic mass is 16.5. The fourth-order valence-electron chi connectivity index (χ4n) is 3.09. The van der Waals surface area contributed by atoms with Crippen LogP contribution in [0.25, 0.3) is 22.7 Å². The van der Waals surface area contributed by atoms with Gasteiger partial charge in [0.25, 0.3) is 0 Å². The topological polar surface area (TPSA) is 64.2 Å². The number of fused-ring (bicyclic) bond motifs is 1. The number of nitrogens with zero attached hydrogens (tertiary/aromatic N) is 1. The number of H-pyrrole nitrogens is 1. The number of allylic oxidation sites excluding steroid dienone is 1. The Morgan fingerprint density at radius 2 is 1.48 bits per heavy atom. The van der Waals surface area contributed by atoms with E-state index in [4.69, 9.17) is 9.47 Å². The Kier molecular flexibility index (Phi) is 5.12. The maximum atomic E-state index is 13.4. The summed E-state index contributed by atoms with van der Waals surface area (Å²) in [6, 6.07) is 22.3. The second-order valence-electron chi connectivity index (χ2n) is 6.49. The summed E-state index contributed by atoms with van der Waals surface area (Å²) >= 11 is 0. The summed E-state index contributed by atoms with van der Waals surface area (Å²) in [4.78, 5) is 21.2. The number of imidazole rings is 1. The summed E-state index contributed by atoms with van der Waals surface area (Å²) in [5.74, 6) is 1.87. The Labute approximate surface area is 168 Å². The Balaban J connectivity index is 1.80. The molecule has 0 saturated carbocycles. The molecule has 0 radical (unpaired) electrons. The van der Waals surface area contributed by atoms with E-state index in [-0.39, 0.29) is 5.78 Å². The second-order valence-corrected chi connectivity index (χ2v) is 6.49. The first-order valence-corrected chi connectivity index (χ1v) is 9.17. The van der Waals surface area contributed by atoms with Crippen molar-refractivity contribution in [1.29, 1.82) is 0 Å². The van der Waals surface area contributed by atoms with Crippen LogP contribution in [0.1, 0.15) is 21.7 Å². The molecule has 0 aliphatic carbocycles. The summed E-state index contributed by atoms with van der Waals surface area (Å²) in [6.07, 6.45) is 1.84. The van der Waals surface area contributed by atoms with E-state index in [9.17, 15) is 4.79 Å². The number of carbonyl (C=O) groups is 1. The van der Waals surface area contributed by atoms with E-state index < -0.39 is 0 Å². The number of hydrogen-bond donors (Lipinski definition) is 1. The molecule has 0 saturated heterocycles. The molecule has 0 bridgehead atoms. The van der Waals surface area contributed by atoms with Gasteiger partial charge in [0.2, 0.25) is 0 Å². The van der Waals surface area contributed by atoms with Gasteiger partial charge in [-0.2, -0.15) is 0 Å². The fraction of sp³-hybridized carbons (Fsp3) is 0.0833. The van der Waals surface area contributed by atoms with Crippen LogP contribution < -0.4 is 9.47 Å². The number of benzene rings is 3.